The molecule has 1 aliphatic heterocycles. The van der Waals surface area contributed by atoms with Gasteiger partial charge in [-0.05, 0) is 12.8 Å². The van der Waals surface area contributed by atoms with Gasteiger partial charge in [0.15, 0.2) is 5.82 Å². The number of nitrogens with one attached hydrogen (secondary N) is 1. The van der Waals surface area contributed by atoms with Crippen LogP contribution >= 0.6 is 0 Å². The summed E-state index contributed by atoms with van der Waals surface area (Å²) in [5.74, 6) is -0.798. The molecular weight excluding hydrogens is 250 g/mol. The second-order valence-electron chi connectivity index (χ2n) is 4.44. The molecule has 19 heavy (non-hydrogen) atoms. The smallest absolute Gasteiger partial charge is 0.317 e. The summed E-state index contributed by atoms with van der Waals surface area (Å²) in [7, 11) is 0. The predicted molar refractivity (Wildman–Crippen MR) is 65.1 cm³/mol. The van der Waals surface area contributed by atoms with Crippen molar-refractivity contribution in [2.45, 2.75) is 32.2 Å². The lowest BCUT2D eigenvalue weighted by molar-refractivity contribution is 0.0958. The van der Waals surface area contributed by atoms with Gasteiger partial charge in [-0.1, -0.05) is 18.0 Å². The van der Waals surface area contributed by atoms with Crippen LogP contribution in [0.2, 0.25) is 0 Å². The van der Waals surface area contributed by atoms with Gasteiger partial charge < -0.3 is 20.5 Å². The van der Waals surface area contributed by atoms with E-state index in [9.17, 15) is 9.59 Å². The Hall–Kier alpha value is -2.12. The largest absolute Gasteiger partial charge is 0.361 e. The van der Waals surface area contributed by atoms with Crippen LogP contribution in [0.4, 0.5) is 4.79 Å². The van der Waals surface area contributed by atoms with Crippen LogP contribution in [0.3, 0.4) is 0 Å². The second kappa shape index (κ2) is 6.17. The molecule has 1 aromatic rings. The summed E-state index contributed by atoms with van der Waals surface area (Å²) in [5.41, 5.74) is 4.99. The number of aromatic nitrogens is 2. The third-order valence-electron chi connectivity index (χ3n) is 2.97. The average molecular weight is 267 g/mol. The summed E-state index contributed by atoms with van der Waals surface area (Å²) in [6.07, 6.45) is 4.39. The molecule has 104 valence electrons. The van der Waals surface area contributed by atoms with Gasteiger partial charge in [-0.25, -0.2) is 4.79 Å². The van der Waals surface area contributed by atoms with Gasteiger partial charge >= 0.3 is 17.8 Å². The van der Waals surface area contributed by atoms with Crippen LogP contribution in [-0.4, -0.2) is 40.1 Å². The number of nitrogens with zero attached hydrogens (tertiary/aromatic N) is 3. The highest BCUT2D eigenvalue weighted by Gasteiger charge is 2.16. The standard InChI is InChI=1S/C11H17N5O3/c12-9(17)10-14-8(15-19-10)7-13-11(18)16-5-3-1-2-4-6-16/h1-7H2,(H2,12,17)(H,13,18). The molecule has 0 spiro atoms. The summed E-state index contributed by atoms with van der Waals surface area (Å²) >= 11 is 0. The van der Waals surface area contributed by atoms with Crippen molar-refractivity contribution in [3.63, 3.8) is 0 Å². The molecule has 0 atom stereocenters. The summed E-state index contributed by atoms with van der Waals surface area (Å²) in [6.45, 7) is 1.65. The van der Waals surface area contributed by atoms with Crippen LogP contribution in [0.5, 0.6) is 0 Å². The number of rotatable bonds is 3. The number of carbonyl (C=O) groups excluding carboxylic acids is 2. The van der Waals surface area contributed by atoms with E-state index in [1.54, 1.807) is 4.90 Å². The molecule has 1 saturated heterocycles. The van der Waals surface area contributed by atoms with Gasteiger partial charge in [0, 0.05) is 13.1 Å². The number of amides is 3. The van der Waals surface area contributed by atoms with E-state index < -0.39 is 5.91 Å². The lowest BCUT2D eigenvalue weighted by atomic mass is 10.2. The Kier molecular flexibility index (Phi) is 4.32. The summed E-state index contributed by atoms with van der Waals surface area (Å²) in [4.78, 5) is 28.2. The molecule has 0 saturated carbocycles. The van der Waals surface area contributed by atoms with Gasteiger partial charge in [-0.3, -0.25) is 4.79 Å². The van der Waals surface area contributed by atoms with E-state index in [0.717, 1.165) is 38.8 Å². The third kappa shape index (κ3) is 3.67. The zero-order chi connectivity index (χ0) is 13.7. The first-order valence-corrected chi connectivity index (χ1v) is 6.32. The van der Waals surface area contributed by atoms with Crippen molar-refractivity contribution >= 4 is 11.9 Å². The molecule has 1 aromatic heterocycles. The van der Waals surface area contributed by atoms with Gasteiger partial charge in [0.1, 0.15) is 0 Å². The van der Waals surface area contributed by atoms with Crippen LogP contribution < -0.4 is 11.1 Å². The fourth-order valence-electron chi connectivity index (χ4n) is 1.97. The van der Waals surface area contributed by atoms with Crippen molar-refractivity contribution in [3.05, 3.63) is 11.7 Å². The van der Waals surface area contributed by atoms with Crippen LogP contribution in [0.25, 0.3) is 0 Å². The maximum Gasteiger partial charge on any atom is 0.317 e. The SMILES string of the molecule is NC(=O)c1nc(CNC(=O)N2CCCCCC2)no1. The number of urea groups is 1. The molecule has 1 aliphatic rings. The first-order chi connectivity index (χ1) is 9.16. The molecule has 0 bridgehead atoms. The zero-order valence-electron chi connectivity index (χ0n) is 10.6. The summed E-state index contributed by atoms with van der Waals surface area (Å²) in [5, 5.41) is 6.25. The van der Waals surface area contributed by atoms with Crippen molar-refractivity contribution in [1.82, 2.24) is 20.4 Å². The van der Waals surface area contributed by atoms with Crippen molar-refractivity contribution in [1.29, 1.82) is 0 Å². The highest BCUT2D eigenvalue weighted by Crippen LogP contribution is 2.09. The minimum absolute atomic E-state index is 0.117. The normalized spacial score (nSPS) is 15.9. The van der Waals surface area contributed by atoms with Crippen molar-refractivity contribution in [2.24, 2.45) is 5.73 Å². The van der Waals surface area contributed by atoms with Crippen molar-refractivity contribution < 1.29 is 14.1 Å². The van der Waals surface area contributed by atoms with Crippen LogP contribution in [0.1, 0.15) is 42.2 Å². The van der Waals surface area contributed by atoms with Gasteiger partial charge in [-0.15, -0.1) is 0 Å². The van der Waals surface area contributed by atoms with Crippen LogP contribution in [0.15, 0.2) is 4.52 Å². The molecule has 3 N–H and O–H groups in total. The molecular formula is C11H17N5O3. The molecule has 0 aliphatic carbocycles. The van der Waals surface area contributed by atoms with E-state index >= 15 is 0 Å². The van der Waals surface area contributed by atoms with Crippen molar-refractivity contribution in [3.8, 4) is 0 Å². The van der Waals surface area contributed by atoms with E-state index in [1.165, 1.54) is 0 Å². The molecule has 8 heteroatoms. The lowest BCUT2D eigenvalue weighted by Crippen LogP contribution is -2.40. The van der Waals surface area contributed by atoms with Gasteiger partial charge in [-0.2, -0.15) is 4.98 Å². The van der Waals surface area contributed by atoms with Crippen LogP contribution in [0, 0.1) is 0 Å². The quantitative estimate of drug-likeness (QED) is 0.814. The Labute approximate surface area is 110 Å². The van der Waals surface area contributed by atoms with Gasteiger partial charge in [0.05, 0.1) is 6.54 Å². The number of hydrogen-bond acceptors (Lipinski definition) is 5. The minimum atomic E-state index is -0.780. The first kappa shape index (κ1) is 13.3. The molecule has 2 rings (SSSR count). The van der Waals surface area contributed by atoms with Crippen LogP contribution in [-0.2, 0) is 6.54 Å². The minimum Gasteiger partial charge on any atom is -0.361 e. The highest BCUT2D eigenvalue weighted by molar-refractivity contribution is 5.87. The number of hydrogen-bond donors (Lipinski definition) is 2. The van der Waals surface area contributed by atoms with E-state index in [0.29, 0.717) is 0 Å². The molecule has 3 amide bonds. The molecule has 0 aromatic carbocycles. The highest BCUT2D eigenvalue weighted by atomic mass is 16.5. The molecule has 1 fully saturated rings. The lowest BCUT2D eigenvalue weighted by Gasteiger charge is -2.20. The van der Waals surface area contributed by atoms with E-state index in [4.69, 9.17) is 5.73 Å². The fourth-order valence-corrected chi connectivity index (χ4v) is 1.97. The van der Waals surface area contributed by atoms with Gasteiger partial charge in [0.2, 0.25) is 0 Å². The summed E-state index contributed by atoms with van der Waals surface area (Å²) in [6, 6.07) is -0.146. The fraction of sp³-hybridized carbons (Fsp3) is 0.636. The predicted octanol–water partition coefficient (Wildman–Crippen LogP) is 0.254. The second-order valence-corrected chi connectivity index (χ2v) is 4.44. The Balaban J connectivity index is 1.83. The molecule has 0 radical (unpaired) electrons. The Bertz CT molecular complexity index is 451. The maximum absolute atomic E-state index is 11.9. The average Bonchev–Trinajstić information content (AvgIpc) is 2.70. The number of likely N-dealkylation sites (tertiary alicyclic amines) is 1. The number of nitrogens with two attached hydrogens (primary N) is 1. The van der Waals surface area contributed by atoms with E-state index in [1.807, 2.05) is 0 Å². The van der Waals surface area contributed by atoms with E-state index in [2.05, 4.69) is 20.0 Å². The zero-order valence-corrected chi connectivity index (χ0v) is 10.6. The first-order valence-electron chi connectivity index (χ1n) is 6.32. The number of primary amides is 1. The Morgan fingerprint density at radius 3 is 2.53 bits per heavy atom. The van der Waals surface area contributed by atoms with Gasteiger partial charge in [0.25, 0.3) is 0 Å². The Morgan fingerprint density at radius 1 is 1.26 bits per heavy atom. The topological polar surface area (TPSA) is 114 Å². The number of carbonyl (C=O) groups is 2. The van der Waals surface area contributed by atoms with E-state index in [-0.39, 0.29) is 24.3 Å². The molecule has 0 unspecified atom stereocenters. The Morgan fingerprint density at radius 2 is 1.95 bits per heavy atom. The third-order valence-corrected chi connectivity index (χ3v) is 2.97. The van der Waals surface area contributed by atoms with Crippen molar-refractivity contribution in [2.75, 3.05) is 13.1 Å². The molecule has 2 heterocycles. The summed E-state index contributed by atoms with van der Waals surface area (Å²) < 4.78 is 4.62. The molecule has 8 nitrogen and oxygen atoms in total. The maximum atomic E-state index is 11.9. The monoisotopic (exact) mass is 267 g/mol.